The molecular weight excluding hydrogens is 455 g/mol. The second-order valence-corrected chi connectivity index (χ2v) is 7.75. The molecule has 1 N–H and O–H groups in total. The molecule has 27 heavy (non-hydrogen) atoms. The molecule has 2 aromatic carbocycles. The summed E-state index contributed by atoms with van der Waals surface area (Å²) in [5, 5.41) is 7.93. The van der Waals surface area contributed by atoms with Crippen molar-refractivity contribution in [1.29, 1.82) is 0 Å². The lowest BCUT2D eigenvalue weighted by Gasteiger charge is -2.25. The number of hydrogen-bond donors (Lipinski definition) is 1. The van der Waals surface area contributed by atoms with Gasteiger partial charge < -0.3 is 4.74 Å². The van der Waals surface area contributed by atoms with Gasteiger partial charge in [0.15, 0.2) is 0 Å². The Morgan fingerprint density at radius 2 is 2.07 bits per heavy atom. The van der Waals surface area contributed by atoms with Crippen LogP contribution in [0.4, 0.5) is 5.95 Å². The van der Waals surface area contributed by atoms with Crippen molar-refractivity contribution >= 4 is 51.0 Å². The van der Waals surface area contributed by atoms with Crippen molar-refractivity contribution in [3.05, 3.63) is 68.4 Å². The number of amides is 1. The molecular formula is C18H13BrCl2N4O2. The van der Waals surface area contributed by atoms with Crippen LogP contribution in [0.25, 0.3) is 0 Å². The van der Waals surface area contributed by atoms with E-state index in [-0.39, 0.29) is 18.4 Å². The summed E-state index contributed by atoms with van der Waals surface area (Å²) in [5.74, 6) is 0.966. The van der Waals surface area contributed by atoms with Gasteiger partial charge in [-0.1, -0.05) is 45.2 Å². The molecule has 1 aliphatic rings. The third-order valence-electron chi connectivity index (χ3n) is 4.21. The van der Waals surface area contributed by atoms with Crippen LogP contribution < -0.4 is 10.1 Å². The van der Waals surface area contributed by atoms with E-state index in [0.717, 1.165) is 15.6 Å². The standard InChI is InChI=1S/C18H13BrCl2N4O2/c19-11-2-4-16(27-8-10-1-3-13(20)14(21)5-10)12(6-11)15-7-17(26)24-18-22-9-23-25(15)18/h1-6,9,15H,7-8H2,(H,22,23,24,26)/t15-/m0/s1. The number of rotatable bonds is 4. The molecule has 0 bridgehead atoms. The van der Waals surface area contributed by atoms with E-state index in [1.807, 2.05) is 24.3 Å². The fraction of sp³-hybridized carbons (Fsp3) is 0.167. The highest BCUT2D eigenvalue weighted by molar-refractivity contribution is 9.10. The average molecular weight is 468 g/mol. The number of benzene rings is 2. The van der Waals surface area contributed by atoms with Crippen molar-refractivity contribution < 1.29 is 9.53 Å². The Morgan fingerprint density at radius 3 is 2.89 bits per heavy atom. The van der Waals surface area contributed by atoms with Crippen molar-refractivity contribution in [3.8, 4) is 5.75 Å². The molecule has 2 heterocycles. The van der Waals surface area contributed by atoms with Crippen LogP contribution in [0.3, 0.4) is 0 Å². The minimum Gasteiger partial charge on any atom is -0.489 e. The Hall–Kier alpha value is -2.09. The van der Waals surface area contributed by atoms with Gasteiger partial charge in [0.2, 0.25) is 11.9 Å². The molecule has 9 heteroatoms. The molecule has 1 aromatic heterocycles. The Bertz CT molecular complexity index is 1020. The molecule has 0 fully saturated rings. The number of fused-ring (bicyclic) bond motifs is 1. The van der Waals surface area contributed by atoms with Gasteiger partial charge in [0, 0.05) is 10.0 Å². The smallest absolute Gasteiger partial charge is 0.229 e. The number of halogens is 3. The molecule has 3 aromatic rings. The number of carbonyl (C=O) groups excluding carboxylic acids is 1. The summed E-state index contributed by atoms with van der Waals surface area (Å²) in [6.45, 7) is 0.314. The Morgan fingerprint density at radius 1 is 1.22 bits per heavy atom. The fourth-order valence-electron chi connectivity index (χ4n) is 2.95. The van der Waals surface area contributed by atoms with Gasteiger partial charge in [0.25, 0.3) is 0 Å². The minimum absolute atomic E-state index is 0.115. The molecule has 0 saturated heterocycles. The number of nitrogens with one attached hydrogen (secondary N) is 1. The number of nitrogens with zero attached hydrogens (tertiary/aromatic N) is 3. The maximum Gasteiger partial charge on any atom is 0.229 e. The molecule has 0 unspecified atom stereocenters. The highest BCUT2D eigenvalue weighted by atomic mass is 79.9. The number of hydrogen-bond acceptors (Lipinski definition) is 4. The molecule has 1 aliphatic heterocycles. The quantitative estimate of drug-likeness (QED) is 0.594. The third kappa shape index (κ3) is 3.81. The van der Waals surface area contributed by atoms with E-state index < -0.39 is 0 Å². The average Bonchev–Trinajstić information content (AvgIpc) is 3.11. The summed E-state index contributed by atoms with van der Waals surface area (Å²) < 4.78 is 8.61. The topological polar surface area (TPSA) is 69.0 Å². The van der Waals surface area contributed by atoms with Crippen LogP contribution in [-0.2, 0) is 11.4 Å². The van der Waals surface area contributed by atoms with Crippen LogP contribution in [0.2, 0.25) is 10.0 Å². The number of aromatic nitrogens is 3. The molecule has 1 atom stereocenters. The fourth-order valence-corrected chi connectivity index (χ4v) is 3.65. The van der Waals surface area contributed by atoms with Crippen molar-refractivity contribution in [1.82, 2.24) is 14.8 Å². The summed E-state index contributed by atoms with van der Waals surface area (Å²) in [7, 11) is 0. The molecule has 0 radical (unpaired) electrons. The van der Waals surface area contributed by atoms with E-state index in [1.54, 1.807) is 16.8 Å². The molecule has 0 aliphatic carbocycles. The van der Waals surface area contributed by atoms with E-state index in [1.165, 1.54) is 6.33 Å². The first-order valence-electron chi connectivity index (χ1n) is 8.07. The molecule has 0 saturated carbocycles. The summed E-state index contributed by atoms with van der Waals surface area (Å²) in [4.78, 5) is 16.2. The Labute approximate surface area is 173 Å². The summed E-state index contributed by atoms with van der Waals surface area (Å²) in [5.41, 5.74) is 1.73. The van der Waals surface area contributed by atoms with Crippen LogP contribution in [0.15, 0.2) is 47.2 Å². The van der Waals surface area contributed by atoms with Gasteiger partial charge in [-0.15, -0.1) is 0 Å². The maximum atomic E-state index is 12.1. The van der Waals surface area contributed by atoms with Gasteiger partial charge in [-0.05, 0) is 35.9 Å². The normalized spacial score (nSPS) is 16.0. The summed E-state index contributed by atoms with van der Waals surface area (Å²) in [6, 6.07) is 10.7. The van der Waals surface area contributed by atoms with Gasteiger partial charge >= 0.3 is 0 Å². The monoisotopic (exact) mass is 466 g/mol. The first-order chi connectivity index (χ1) is 13.0. The number of anilines is 1. The largest absolute Gasteiger partial charge is 0.489 e. The zero-order valence-corrected chi connectivity index (χ0v) is 16.9. The summed E-state index contributed by atoms with van der Waals surface area (Å²) >= 11 is 15.5. The van der Waals surface area contributed by atoms with Crippen LogP contribution in [0, 0.1) is 0 Å². The lowest BCUT2D eigenvalue weighted by molar-refractivity contribution is -0.117. The van der Waals surface area contributed by atoms with E-state index >= 15 is 0 Å². The SMILES string of the molecule is O=C1C[C@@H](c2cc(Br)ccc2OCc2ccc(Cl)c(Cl)c2)n2ncnc2N1. The van der Waals surface area contributed by atoms with Gasteiger partial charge in [-0.2, -0.15) is 10.1 Å². The number of ether oxygens (including phenoxy) is 1. The Kier molecular flexibility index (Phi) is 5.08. The van der Waals surface area contributed by atoms with Crippen LogP contribution in [0.5, 0.6) is 5.75 Å². The van der Waals surface area contributed by atoms with E-state index in [2.05, 4.69) is 31.3 Å². The molecule has 1 amide bonds. The molecule has 0 spiro atoms. The van der Waals surface area contributed by atoms with Gasteiger partial charge in [-0.3, -0.25) is 10.1 Å². The maximum absolute atomic E-state index is 12.1. The zero-order chi connectivity index (χ0) is 19.0. The van der Waals surface area contributed by atoms with Crippen molar-refractivity contribution in [2.24, 2.45) is 0 Å². The van der Waals surface area contributed by atoms with Crippen molar-refractivity contribution in [3.63, 3.8) is 0 Å². The lowest BCUT2D eigenvalue weighted by atomic mass is 10.0. The van der Waals surface area contributed by atoms with Gasteiger partial charge in [0.1, 0.15) is 18.7 Å². The van der Waals surface area contributed by atoms with E-state index in [0.29, 0.717) is 28.3 Å². The third-order valence-corrected chi connectivity index (χ3v) is 5.44. The van der Waals surface area contributed by atoms with E-state index in [9.17, 15) is 4.79 Å². The number of carbonyl (C=O) groups is 1. The summed E-state index contributed by atoms with van der Waals surface area (Å²) in [6.07, 6.45) is 1.66. The predicted molar refractivity (Wildman–Crippen MR) is 106 cm³/mol. The predicted octanol–water partition coefficient (Wildman–Crippen LogP) is 4.86. The molecule has 6 nitrogen and oxygen atoms in total. The highest BCUT2D eigenvalue weighted by Crippen LogP contribution is 2.36. The Balaban J connectivity index is 1.65. The molecule has 138 valence electrons. The van der Waals surface area contributed by atoms with Gasteiger partial charge in [0.05, 0.1) is 22.5 Å². The first-order valence-corrected chi connectivity index (χ1v) is 9.61. The zero-order valence-electron chi connectivity index (χ0n) is 13.8. The van der Waals surface area contributed by atoms with E-state index in [4.69, 9.17) is 27.9 Å². The van der Waals surface area contributed by atoms with Crippen molar-refractivity contribution in [2.75, 3.05) is 5.32 Å². The first kappa shape index (κ1) is 18.3. The second-order valence-electron chi connectivity index (χ2n) is 6.02. The van der Waals surface area contributed by atoms with Gasteiger partial charge in [-0.25, -0.2) is 4.68 Å². The highest BCUT2D eigenvalue weighted by Gasteiger charge is 2.30. The second kappa shape index (κ2) is 7.50. The van der Waals surface area contributed by atoms with Crippen LogP contribution in [-0.4, -0.2) is 20.7 Å². The van der Waals surface area contributed by atoms with Crippen LogP contribution >= 0.6 is 39.1 Å². The minimum atomic E-state index is -0.308. The van der Waals surface area contributed by atoms with Crippen LogP contribution in [0.1, 0.15) is 23.6 Å². The van der Waals surface area contributed by atoms with Crippen molar-refractivity contribution in [2.45, 2.75) is 19.1 Å². The lowest BCUT2D eigenvalue weighted by Crippen LogP contribution is -2.29. The molecule has 4 rings (SSSR count).